The number of anilines is 1. The normalized spacial score (nSPS) is 11.5. The highest BCUT2D eigenvalue weighted by molar-refractivity contribution is 6.03. The molecule has 34 heavy (non-hydrogen) atoms. The zero-order valence-electron chi connectivity index (χ0n) is 19.0. The summed E-state index contributed by atoms with van der Waals surface area (Å²) in [7, 11) is 0. The summed E-state index contributed by atoms with van der Waals surface area (Å²) in [5, 5.41) is 9.80. The number of hydrogen-bond donors (Lipinski definition) is 2. The molecule has 10 heteroatoms. The Morgan fingerprint density at radius 1 is 1.15 bits per heavy atom. The van der Waals surface area contributed by atoms with Crippen LogP contribution in [0.15, 0.2) is 54.6 Å². The molecule has 0 aliphatic heterocycles. The number of ether oxygens (including phenoxy) is 1. The van der Waals surface area contributed by atoms with Crippen molar-refractivity contribution < 1.29 is 18.3 Å². The number of alkyl halides is 2. The fraction of sp³-hybridized carbons (Fsp3) is 0.292. The number of para-hydroxylation sites is 2. The third-order valence-electron chi connectivity index (χ3n) is 5.61. The number of rotatable bonds is 10. The number of H-pyrrole nitrogens is 1. The number of hydrogen-bond acceptors (Lipinski definition) is 5. The molecule has 2 aromatic carbocycles. The summed E-state index contributed by atoms with van der Waals surface area (Å²) in [5.74, 6) is 0.134. The average molecular weight is 469 g/mol. The van der Waals surface area contributed by atoms with Crippen LogP contribution < -0.4 is 10.1 Å². The van der Waals surface area contributed by atoms with Crippen molar-refractivity contribution in [2.75, 3.05) is 25.0 Å². The maximum absolute atomic E-state index is 13.0. The van der Waals surface area contributed by atoms with E-state index in [-0.39, 0.29) is 17.4 Å². The van der Waals surface area contributed by atoms with Crippen LogP contribution in [-0.4, -0.2) is 56.8 Å². The van der Waals surface area contributed by atoms with E-state index in [1.165, 1.54) is 12.1 Å². The van der Waals surface area contributed by atoms with E-state index in [1.807, 2.05) is 28.8 Å². The molecular formula is C24H26F2N6O2. The van der Waals surface area contributed by atoms with Crippen molar-refractivity contribution in [1.82, 2.24) is 24.6 Å². The minimum atomic E-state index is -2.89. The summed E-state index contributed by atoms with van der Waals surface area (Å²) < 4.78 is 31.1. The first-order valence-corrected chi connectivity index (χ1v) is 11.1. The van der Waals surface area contributed by atoms with E-state index in [9.17, 15) is 13.6 Å². The number of carbonyl (C=O) groups is 1. The van der Waals surface area contributed by atoms with Crippen molar-refractivity contribution in [3.05, 3.63) is 60.3 Å². The lowest BCUT2D eigenvalue weighted by molar-refractivity contribution is -0.0498. The van der Waals surface area contributed by atoms with Gasteiger partial charge in [-0.1, -0.05) is 26.0 Å². The quantitative estimate of drug-likeness (QED) is 0.355. The predicted molar refractivity (Wildman–Crippen MR) is 126 cm³/mol. The topological polar surface area (TPSA) is 88.1 Å². The molecule has 0 unspecified atom stereocenters. The molecule has 0 saturated heterocycles. The van der Waals surface area contributed by atoms with E-state index in [0.29, 0.717) is 23.8 Å². The first kappa shape index (κ1) is 23.4. The summed E-state index contributed by atoms with van der Waals surface area (Å²) in [5.41, 5.74) is 3.16. The van der Waals surface area contributed by atoms with Gasteiger partial charge >= 0.3 is 6.61 Å². The molecule has 2 N–H and O–H groups in total. The molecule has 0 fully saturated rings. The Labute approximate surface area is 195 Å². The molecular weight excluding hydrogens is 442 g/mol. The second-order valence-electron chi connectivity index (χ2n) is 7.63. The Morgan fingerprint density at radius 2 is 1.88 bits per heavy atom. The number of imidazole rings is 1. The molecule has 0 bridgehead atoms. The Hall–Kier alpha value is -3.79. The number of nitrogens with zero attached hydrogens (tertiary/aromatic N) is 4. The van der Waals surface area contributed by atoms with E-state index in [4.69, 9.17) is 0 Å². The molecule has 178 valence electrons. The number of carbonyl (C=O) groups excluding carboxylic acids is 1. The van der Waals surface area contributed by atoms with Gasteiger partial charge in [0.25, 0.3) is 5.91 Å². The number of nitrogens with one attached hydrogen (secondary N) is 2. The van der Waals surface area contributed by atoms with Crippen molar-refractivity contribution in [2.24, 2.45) is 0 Å². The molecule has 0 saturated carbocycles. The van der Waals surface area contributed by atoms with Crippen LogP contribution in [0.2, 0.25) is 0 Å². The first-order valence-electron chi connectivity index (χ1n) is 11.1. The Morgan fingerprint density at radius 3 is 2.59 bits per heavy atom. The van der Waals surface area contributed by atoms with Crippen LogP contribution >= 0.6 is 0 Å². The molecule has 0 aliphatic carbocycles. The number of halogens is 2. The highest BCUT2D eigenvalue weighted by Crippen LogP contribution is 2.24. The predicted octanol–water partition coefficient (Wildman–Crippen LogP) is 4.62. The average Bonchev–Trinajstić information content (AvgIpc) is 3.45. The summed E-state index contributed by atoms with van der Waals surface area (Å²) in [6.45, 7) is 4.74. The minimum absolute atomic E-state index is 0.0517. The number of benzene rings is 2. The molecule has 0 aliphatic rings. The van der Waals surface area contributed by atoms with Gasteiger partial charge in [-0.25, -0.2) is 4.98 Å². The number of amides is 1. The number of aromatic amines is 1. The van der Waals surface area contributed by atoms with Gasteiger partial charge in [0.15, 0.2) is 0 Å². The molecule has 1 amide bonds. The number of fused-ring (bicyclic) bond motifs is 1. The largest absolute Gasteiger partial charge is 0.435 e. The van der Waals surface area contributed by atoms with Gasteiger partial charge in [0.05, 0.1) is 16.7 Å². The van der Waals surface area contributed by atoms with Gasteiger partial charge in [-0.3, -0.25) is 15.2 Å². The van der Waals surface area contributed by atoms with Crippen LogP contribution in [0.4, 0.5) is 14.7 Å². The Balaban J connectivity index is 1.52. The Bertz CT molecular complexity index is 1250. The van der Waals surface area contributed by atoms with Crippen molar-refractivity contribution in [1.29, 1.82) is 0 Å². The van der Waals surface area contributed by atoms with E-state index < -0.39 is 6.61 Å². The zero-order chi connectivity index (χ0) is 24.1. The van der Waals surface area contributed by atoms with Crippen molar-refractivity contribution in [2.45, 2.75) is 27.0 Å². The Kier molecular flexibility index (Phi) is 7.17. The molecule has 2 heterocycles. The lowest BCUT2D eigenvalue weighted by Crippen LogP contribution is -2.27. The van der Waals surface area contributed by atoms with E-state index in [0.717, 1.165) is 30.7 Å². The maximum Gasteiger partial charge on any atom is 0.387 e. The lowest BCUT2D eigenvalue weighted by atomic mass is 10.1. The number of likely N-dealkylation sites (N-methyl/N-ethyl adjacent to an activating group) is 1. The third kappa shape index (κ3) is 5.23. The van der Waals surface area contributed by atoms with Gasteiger partial charge in [0.1, 0.15) is 11.4 Å². The van der Waals surface area contributed by atoms with Gasteiger partial charge in [0.2, 0.25) is 5.95 Å². The first-order chi connectivity index (χ1) is 16.5. The third-order valence-corrected chi connectivity index (χ3v) is 5.61. The van der Waals surface area contributed by atoms with Crippen LogP contribution in [-0.2, 0) is 6.54 Å². The van der Waals surface area contributed by atoms with Gasteiger partial charge in [-0.05, 0) is 55.6 Å². The van der Waals surface area contributed by atoms with E-state index in [2.05, 4.69) is 44.0 Å². The van der Waals surface area contributed by atoms with Crippen LogP contribution in [0.25, 0.3) is 22.3 Å². The van der Waals surface area contributed by atoms with Crippen LogP contribution in [0.3, 0.4) is 0 Å². The van der Waals surface area contributed by atoms with Crippen LogP contribution in [0, 0.1) is 0 Å². The van der Waals surface area contributed by atoms with Crippen molar-refractivity contribution in [3.63, 3.8) is 0 Å². The van der Waals surface area contributed by atoms with Crippen molar-refractivity contribution in [3.8, 4) is 17.0 Å². The molecule has 4 aromatic rings. The van der Waals surface area contributed by atoms with Crippen LogP contribution in [0.1, 0.15) is 24.3 Å². The van der Waals surface area contributed by atoms with Gasteiger partial charge in [-0.15, -0.1) is 0 Å². The molecule has 0 spiro atoms. The summed E-state index contributed by atoms with van der Waals surface area (Å²) >= 11 is 0. The monoisotopic (exact) mass is 468 g/mol. The van der Waals surface area contributed by atoms with Crippen LogP contribution in [0.5, 0.6) is 5.75 Å². The molecule has 0 atom stereocenters. The fourth-order valence-corrected chi connectivity index (χ4v) is 3.74. The minimum Gasteiger partial charge on any atom is -0.435 e. The smallest absolute Gasteiger partial charge is 0.387 e. The fourth-order valence-electron chi connectivity index (χ4n) is 3.74. The second kappa shape index (κ2) is 10.4. The van der Waals surface area contributed by atoms with E-state index >= 15 is 0 Å². The SMILES string of the molecule is CCN(CC)CCn1c(NC(=O)c2cc(-c3ccc(OC(F)F)cc3)n[nH]2)nc2ccccc21. The zero-order valence-corrected chi connectivity index (χ0v) is 19.0. The van der Waals surface area contributed by atoms with E-state index in [1.54, 1.807) is 18.2 Å². The molecule has 8 nitrogen and oxygen atoms in total. The summed E-state index contributed by atoms with van der Waals surface area (Å²) in [6, 6.07) is 15.4. The highest BCUT2D eigenvalue weighted by Gasteiger charge is 2.17. The highest BCUT2D eigenvalue weighted by atomic mass is 19.3. The molecule has 4 rings (SSSR count). The number of aromatic nitrogens is 4. The summed E-state index contributed by atoms with van der Waals surface area (Å²) in [6.07, 6.45) is 0. The van der Waals surface area contributed by atoms with Gasteiger partial charge in [-0.2, -0.15) is 13.9 Å². The second-order valence-corrected chi connectivity index (χ2v) is 7.63. The van der Waals surface area contributed by atoms with Gasteiger partial charge < -0.3 is 14.2 Å². The maximum atomic E-state index is 13.0. The summed E-state index contributed by atoms with van der Waals surface area (Å²) in [4.78, 5) is 19.9. The molecule has 2 aromatic heterocycles. The molecule has 0 radical (unpaired) electrons. The lowest BCUT2D eigenvalue weighted by Gasteiger charge is -2.19. The van der Waals surface area contributed by atoms with Crippen molar-refractivity contribution >= 4 is 22.9 Å². The van der Waals surface area contributed by atoms with Gasteiger partial charge in [0, 0.05) is 18.7 Å². The standard InChI is InChI=1S/C24H26F2N6O2/c1-3-31(4-2)13-14-32-21-8-6-5-7-18(21)27-24(32)28-22(33)20-15-19(29-30-20)16-9-11-17(12-10-16)34-23(25)26/h5-12,15,23H,3-4,13-14H2,1-2H3,(H,29,30)(H,27,28,33).